The summed E-state index contributed by atoms with van der Waals surface area (Å²) in [6, 6.07) is 8.77. The first kappa shape index (κ1) is 15.0. The smallest absolute Gasteiger partial charge is 0.322 e. The maximum atomic E-state index is 5.08. The highest BCUT2D eigenvalue weighted by atomic mass is 16.5. The van der Waals surface area contributed by atoms with Gasteiger partial charge in [0.1, 0.15) is 0 Å². The zero-order valence-corrected chi connectivity index (χ0v) is 12.7. The van der Waals surface area contributed by atoms with Crippen LogP contribution in [0.4, 0.5) is 11.9 Å². The Bertz CT molecular complexity index is 588. The van der Waals surface area contributed by atoms with Crippen LogP contribution in [0.3, 0.4) is 0 Å². The van der Waals surface area contributed by atoms with Crippen LogP contribution in [0.5, 0.6) is 6.01 Å². The molecule has 0 radical (unpaired) electrons. The number of hydrogen-bond donors (Lipinski definition) is 2. The second-order valence-corrected chi connectivity index (χ2v) is 4.67. The zero-order chi connectivity index (χ0) is 15.1. The van der Waals surface area contributed by atoms with Gasteiger partial charge >= 0.3 is 6.01 Å². The molecule has 2 rings (SSSR count). The number of nitrogens with one attached hydrogen (secondary N) is 2. The molecule has 1 aromatic heterocycles. The molecule has 0 amide bonds. The van der Waals surface area contributed by atoms with E-state index in [2.05, 4.69) is 56.8 Å². The van der Waals surface area contributed by atoms with Crippen molar-refractivity contribution in [3.8, 4) is 6.01 Å². The Balaban J connectivity index is 1.97. The second-order valence-electron chi connectivity index (χ2n) is 4.67. The molecule has 0 aliphatic rings. The summed E-state index contributed by atoms with van der Waals surface area (Å²) >= 11 is 0. The van der Waals surface area contributed by atoms with Crippen LogP contribution in [-0.4, -0.2) is 35.2 Å². The standard InChI is InChI=1S/C15H21N5O/c1-4-16-13-18-14(20-15(19-13)21-3)17-9-8-12-7-5-6-11(2)10-12/h5-7,10H,4,8-9H2,1-3H3,(H2,16,17,18,19,20). The number of ether oxygens (including phenoxy) is 1. The van der Waals surface area contributed by atoms with E-state index in [1.807, 2.05) is 6.92 Å². The fourth-order valence-corrected chi connectivity index (χ4v) is 1.95. The Morgan fingerprint density at radius 3 is 2.52 bits per heavy atom. The van der Waals surface area contributed by atoms with Gasteiger partial charge in [-0.05, 0) is 25.8 Å². The maximum Gasteiger partial charge on any atom is 0.322 e. The van der Waals surface area contributed by atoms with Gasteiger partial charge < -0.3 is 15.4 Å². The van der Waals surface area contributed by atoms with Crippen LogP contribution in [0.2, 0.25) is 0 Å². The van der Waals surface area contributed by atoms with Crippen molar-refractivity contribution in [3.63, 3.8) is 0 Å². The minimum atomic E-state index is 0.305. The lowest BCUT2D eigenvalue weighted by molar-refractivity contribution is 0.379. The first-order valence-electron chi connectivity index (χ1n) is 7.04. The maximum absolute atomic E-state index is 5.08. The van der Waals surface area contributed by atoms with Crippen LogP contribution in [0.1, 0.15) is 18.1 Å². The van der Waals surface area contributed by atoms with Crippen LogP contribution >= 0.6 is 0 Å². The molecule has 0 saturated heterocycles. The molecule has 21 heavy (non-hydrogen) atoms. The highest BCUT2D eigenvalue weighted by molar-refractivity contribution is 5.36. The number of nitrogens with zero attached hydrogens (tertiary/aromatic N) is 3. The van der Waals surface area contributed by atoms with Gasteiger partial charge in [-0.3, -0.25) is 0 Å². The first-order chi connectivity index (χ1) is 10.2. The van der Waals surface area contributed by atoms with Crippen molar-refractivity contribution in [1.82, 2.24) is 15.0 Å². The van der Waals surface area contributed by atoms with Gasteiger partial charge in [0.2, 0.25) is 11.9 Å². The molecule has 112 valence electrons. The predicted molar refractivity (Wildman–Crippen MR) is 83.9 cm³/mol. The highest BCUT2D eigenvalue weighted by Crippen LogP contribution is 2.11. The molecule has 2 N–H and O–H groups in total. The van der Waals surface area contributed by atoms with Crippen LogP contribution in [0.15, 0.2) is 24.3 Å². The fourth-order valence-electron chi connectivity index (χ4n) is 1.95. The second kappa shape index (κ2) is 7.42. The topological polar surface area (TPSA) is 72.0 Å². The summed E-state index contributed by atoms with van der Waals surface area (Å²) in [5.74, 6) is 1.04. The summed E-state index contributed by atoms with van der Waals surface area (Å²) < 4.78 is 5.08. The summed E-state index contributed by atoms with van der Waals surface area (Å²) in [4.78, 5) is 12.6. The Morgan fingerprint density at radius 2 is 1.86 bits per heavy atom. The van der Waals surface area contributed by atoms with E-state index < -0.39 is 0 Å². The largest absolute Gasteiger partial charge is 0.467 e. The molecular formula is C15H21N5O. The van der Waals surface area contributed by atoms with E-state index in [0.29, 0.717) is 17.9 Å². The number of benzene rings is 1. The number of aromatic nitrogens is 3. The fraction of sp³-hybridized carbons (Fsp3) is 0.400. The van der Waals surface area contributed by atoms with Crippen LogP contribution in [0.25, 0.3) is 0 Å². The SMILES string of the molecule is CCNc1nc(NCCc2cccc(C)c2)nc(OC)n1. The van der Waals surface area contributed by atoms with Crippen LogP contribution < -0.4 is 15.4 Å². The summed E-state index contributed by atoms with van der Waals surface area (Å²) in [5.41, 5.74) is 2.55. The average Bonchev–Trinajstić information content (AvgIpc) is 2.47. The Kier molecular flexibility index (Phi) is 5.31. The van der Waals surface area contributed by atoms with Crippen LogP contribution in [0, 0.1) is 6.92 Å². The van der Waals surface area contributed by atoms with Gasteiger partial charge in [-0.15, -0.1) is 0 Å². The summed E-state index contributed by atoms with van der Waals surface area (Å²) in [6.07, 6.45) is 0.909. The van der Waals surface area contributed by atoms with E-state index in [0.717, 1.165) is 19.5 Å². The average molecular weight is 287 g/mol. The molecule has 0 saturated carbocycles. The third-order valence-corrected chi connectivity index (χ3v) is 2.91. The number of anilines is 2. The van der Waals surface area contributed by atoms with Crippen molar-refractivity contribution in [3.05, 3.63) is 35.4 Å². The molecule has 0 aliphatic heterocycles. The zero-order valence-electron chi connectivity index (χ0n) is 12.7. The summed E-state index contributed by atoms with van der Waals surface area (Å²) in [6.45, 7) is 5.58. The number of aryl methyl sites for hydroxylation is 1. The molecule has 1 heterocycles. The quantitative estimate of drug-likeness (QED) is 0.814. The molecule has 1 aromatic carbocycles. The Labute approximate surface area is 125 Å². The van der Waals surface area contributed by atoms with Crippen molar-refractivity contribution in [2.24, 2.45) is 0 Å². The molecule has 2 aromatic rings. The van der Waals surface area contributed by atoms with E-state index in [1.165, 1.54) is 11.1 Å². The normalized spacial score (nSPS) is 10.2. The van der Waals surface area contributed by atoms with Crippen molar-refractivity contribution in [2.75, 3.05) is 30.8 Å². The van der Waals surface area contributed by atoms with E-state index in [9.17, 15) is 0 Å². The Morgan fingerprint density at radius 1 is 1.10 bits per heavy atom. The molecular weight excluding hydrogens is 266 g/mol. The lowest BCUT2D eigenvalue weighted by Crippen LogP contribution is -2.12. The molecule has 0 unspecified atom stereocenters. The molecule has 0 fully saturated rings. The molecule has 6 nitrogen and oxygen atoms in total. The van der Waals surface area contributed by atoms with Crippen molar-refractivity contribution < 1.29 is 4.74 Å². The van der Waals surface area contributed by atoms with E-state index in [4.69, 9.17) is 4.74 Å². The van der Waals surface area contributed by atoms with Gasteiger partial charge in [-0.25, -0.2) is 0 Å². The molecule has 6 heteroatoms. The first-order valence-corrected chi connectivity index (χ1v) is 7.04. The minimum Gasteiger partial charge on any atom is -0.467 e. The third kappa shape index (κ3) is 4.59. The summed E-state index contributed by atoms with van der Waals surface area (Å²) in [7, 11) is 1.54. The molecule has 0 aliphatic carbocycles. The number of methoxy groups -OCH3 is 1. The van der Waals surface area contributed by atoms with Gasteiger partial charge in [0.05, 0.1) is 7.11 Å². The molecule has 0 spiro atoms. The monoisotopic (exact) mass is 287 g/mol. The van der Waals surface area contributed by atoms with E-state index >= 15 is 0 Å². The Hall–Kier alpha value is -2.37. The van der Waals surface area contributed by atoms with Gasteiger partial charge in [-0.1, -0.05) is 29.8 Å². The summed E-state index contributed by atoms with van der Waals surface area (Å²) in [5, 5.41) is 6.26. The molecule has 0 bridgehead atoms. The third-order valence-electron chi connectivity index (χ3n) is 2.91. The predicted octanol–water partition coefficient (Wildman–Crippen LogP) is 2.28. The lowest BCUT2D eigenvalue weighted by Gasteiger charge is -2.09. The van der Waals surface area contributed by atoms with Crippen LogP contribution in [-0.2, 0) is 6.42 Å². The van der Waals surface area contributed by atoms with Crippen molar-refractivity contribution >= 4 is 11.9 Å². The van der Waals surface area contributed by atoms with Crippen molar-refractivity contribution in [1.29, 1.82) is 0 Å². The van der Waals surface area contributed by atoms with Gasteiger partial charge in [0.25, 0.3) is 0 Å². The lowest BCUT2D eigenvalue weighted by atomic mass is 10.1. The van der Waals surface area contributed by atoms with Gasteiger partial charge in [-0.2, -0.15) is 15.0 Å². The van der Waals surface area contributed by atoms with Gasteiger partial charge in [0.15, 0.2) is 0 Å². The minimum absolute atomic E-state index is 0.305. The highest BCUT2D eigenvalue weighted by Gasteiger charge is 2.05. The van der Waals surface area contributed by atoms with Crippen molar-refractivity contribution in [2.45, 2.75) is 20.3 Å². The van der Waals surface area contributed by atoms with E-state index in [-0.39, 0.29) is 0 Å². The number of rotatable bonds is 7. The molecule has 0 atom stereocenters. The van der Waals surface area contributed by atoms with Gasteiger partial charge in [0, 0.05) is 13.1 Å². The van der Waals surface area contributed by atoms with E-state index in [1.54, 1.807) is 7.11 Å². The number of hydrogen-bond acceptors (Lipinski definition) is 6.